The molecule has 4 saturated heterocycles. The van der Waals surface area contributed by atoms with Crippen molar-refractivity contribution in [3.8, 4) is 0 Å². The summed E-state index contributed by atoms with van der Waals surface area (Å²) in [7, 11) is 2.08. The van der Waals surface area contributed by atoms with E-state index in [-0.39, 0.29) is 52.6 Å². The SMILES string of the molecule is CN1CCN(C(=O)[C@H]2C[C@H](N(C(=O)[C@@H]3CCCO3)C3CCC(C)(C)CC3)CN2C(=O)[C@@H]2CN(C(C)(C)C)C[C@H]2c2ccc(Cl)cc2)CC1. The fraction of sp³-hybridized carbons (Fsp3) is 0.763. The van der Waals surface area contributed by atoms with E-state index in [0.29, 0.717) is 44.2 Å². The average molecular weight is 684 g/mol. The summed E-state index contributed by atoms with van der Waals surface area (Å²) in [5, 5.41) is 0.676. The van der Waals surface area contributed by atoms with Gasteiger partial charge in [-0.25, -0.2) is 0 Å². The minimum atomic E-state index is -0.583. The second kappa shape index (κ2) is 14.2. The molecule has 5 aliphatic rings. The summed E-state index contributed by atoms with van der Waals surface area (Å²) in [6.07, 6.45) is 5.67. The molecule has 0 aromatic heterocycles. The van der Waals surface area contributed by atoms with Crippen molar-refractivity contribution in [1.82, 2.24) is 24.5 Å². The highest BCUT2D eigenvalue weighted by Gasteiger charge is 2.51. The number of ether oxygens (including phenoxy) is 1. The molecule has 1 aromatic carbocycles. The van der Waals surface area contributed by atoms with E-state index in [1.165, 1.54) is 0 Å². The maximum atomic E-state index is 15.0. The fourth-order valence-electron chi connectivity index (χ4n) is 8.85. The zero-order valence-corrected chi connectivity index (χ0v) is 30.9. The lowest BCUT2D eigenvalue weighted by atomic mass is 9.75. The molecule has 1 aliphatic carbocycles. The second-order valence-electron chi connectivity index (χ2n) is 17.0. The Bertz CT molecular complexity index is 1310. The smallest absolute Gasteiger partial charge is 0.252 e. The van der Waals surface area contributed by atoms with E-state index < -0.39 is 12.1 Å². The molecule has 0 spiro atoms. The topological polar surface area (TPSA) is 76.6 Å². The van der Waals surface area contributed by atoms with Gasteiger partial charge < -0.3 is 24.3 Å². The molecule has 10 heteroatoms. The Labute approximate surface area is 293 Å². The Balaban J connectivity index is 1.33. The number of nitrogens with zero attached hydrogens (tertiary/aromatic N) is 5. The van der Waals surface area contributed by atoms with Crippen molar-refractivity contribution in [2.75, 3.05) is 59.5 Å². The summed E-state index contributed by atoms with van der Waals surface area (Å²) in [6, 6.07) is 7.21. The number of likely N-dealkylation sites (tertiary alicyclic amines) is 2. The van der Waals surface area contributed by atoms with Crippen LogP contribution in [0.3, 0.4) is 0 Å². The van der Waals surface area contributed by atoms with E-state index in [0.717, 1.165) is 63.7 Å². The third-order valence-electron chi connectivity index (χ3n) is 12.1. The predicted molar refractivity (Wildman–Crippen MR) is 189 cm³/mol. The van der Waals surface area contributed by atoms with Crippen LogP contribution in [-0.4, -0.2) is 131 Å². The molecule has 0 unspecified atom stereocenters. The molecule has 48 heavy (non-hydrogen) atoms. The van der Waals surface area contributed by atoms with E-state index >= 15 is 4.79 Å². The van der Waals surface area contributed by atoms with Crippen LogP contribution in [0, 0.1) is 11.3 Å². The van der Waals surface area contributed by atoms with Crippen molar-refractivity contribution >= 4 is 29.3 Å². The highest BCUT2D eigenvalue weighted by Crippen LogP contribution is 2.42. The Morgan fingerprint density at radius 3 is 2.17 bits per heavy atom. The van der Waals surface area contributed by atoms with E-state index in [2.05, 4.69) is 56.4 Å². The molecule has 1 aromatic rings. The van der Waals surface area contributed by atoms with Gasteiger partial charge in [0.1, 0.15) is 12.1 Å². The van der Waals surface area contributed by atoms with Crippen LogP contribution in [0.2, 0.25) is 5.02 Å². The average Bonchev–Trinajstić information content (AvgIpc) is 3.82. The zero-order chi connectivity index (χ0) is 34.4. The van der Waals surface area contributed by atoms with Crippen LogP contribution >= 0.6 is 11.6 Å². The molecule has 266 valence electrons. The van der Waals surface area contributed by atoms with Gasteiger partial charge in [-0.2, -0.15) is 0 Å². The lowest BCUT2D eigenvalue weighted by Crippen LogP contribution is -2.54. The highest BCUT2D eigenvalue weighted by atomic mass is 35.5. The second-order valence-corrected chi connectivity index (χ2v) is 17.4. The summed E-state index contributed by atoms with van der Waals surface area (Å²) < 4.78 is 5.97. The van der Waals surface area contributed by atoms with Crippen molar-refractivity contribution in [2.45, 2.75) is 115 Å². The number of carbonyl (C=O) groups is 3. The van der Waals surface area contributed by atoms with E-state index in [9.17, 15) is 9.59 Å². The third-order valence-corrected chi connectivity index (χ3v) is 12.4. The molecule has 4 heterocycles. The molecule has 9 nitrogen and oxygen atoms in total. The summed E-state index contributed by atoms with van der Waals surface area (Å²) in [5.41, 5.74) is 1.24. The van der Waals surface area contributed by atoms with Crippen molar-refractivity contribution in [1.29, 1.82) is 0 Å². The molecular weight excluding hydrogens is 626 g/mol. The predicted octanol–water partition coefficient (Wildman–Crippen LogP) is 4.87. The lowest BCUT2D eigenvalue weighted by molar-refractivity contribution is -0.148. The zero-order valence-electron chi connectivity index (χ0n) is 30.1. The van der Waals surface area contributed by atoms with Gasteiger partial charge in [0.05, 0.1) is 12.0 Å². The highest BCUT2D eigenvalue weighted by molar-refractivity contribution is 6.30. The molecule has 0 bridgehead atoms. The van der Waals surface area contributed by atoms with Crippen molar-refractivity contribution in [3.05, 3.63) is 34.9 Å². The first-order chi connectivity index (χ1) is 22.7. The minimum absolute atomic E-state index is 0.0161. The first-order valence-electron chi connectivity index (χ1n) is 18.4. The van der Waals surface area contributed by atoms with E-state index in [1.54, 1.807) is 0 Å². The van der Waals surface area contributed by atoms with Crippen LogP contribution in [0.15, 0.2) is 24.3 Å². The Morgan fingerprint density at radius 1 is 0.896 bits per heavy atom. The number of rotatable bonds is 6. The van der Waals surface area contributed by atoms with Gasteiger partial charge in [0.15, 0.2) is 0 Å². The third kappa shape index (κ3) is 7.59. The van der Waals surface area contributed by atoms with E-state index in [1.807, 2.05) is 34.1 Å². The van der Waals surface area contributed by atoms with Crippen LogP contribution in [0.4, 0.5) is 0 Å². The van der Waals surface area contributed by atoms with Crippen LogP contribution in [0.25, 0.3) is 0 Å². The van der Waals surface area contributed by atoms with E-state index in [4.69, 9.17) is 16.3 Å². The van der Waals surface area contributed by atoms with Crippen molar-refractivity contribution in [3.63, 3.8) is 0 Å². The standard InChI is InChI=1S/C38H58ClN5O4/c1-37(2,3)42-24-30(26-9-11-27(39)12-10-26)31(25-42)34(45)43-23-29(22-32(43)35(46)41-19-17-40(6)18-20-41)44(36(47)33-8-7-21-48-33)28-13-15-38(4,5)16-14-28/h9-12,28-33H,7-8,13-25H2,1-6H3/t29-,30-,31+,32+,33-/m0/s1. The Morgan fingerprint density at radius 2 is 1.56 bits per heavy atom. The molecule has 5 atom stereocenters. The number of likely N-dealkylation sites (N-methyl/N-ethyl adjacent to an activating group) is 1. The summed E-state index contributed by atoms with van der Waals surface area (Å²) in [5.74, 6) is -0.198. The minimum Gasteiger partial charge on any atom is -0.368 e. The molecule has 5 fully saturated rings. The first-order valence-corrected chi connectivity index (χ1v) is 18.8. The van der Waals surface area contributed by atoms with Gasteiger partial charge >= 0.3 is 0 Å². The molecule has 0 N–H and O–H groups in total. The van der Waals surface area contributed by atoms with Gasteiger partial charge in [-0.15, -0.1) is 0 Å². The number of piperazine rings is 1. The van der Waals surface area contributed by atoms with Crippen molar-refractivity contribution in [2.24, 2.45) is 11.3 Å². The largest absolute Gasteiger partial charge is 0.368 e. The maximum Gasteiger partial charge on any atom is 0.252 e. The summed E-state index contributed by atoms with van der Waals surface area (Å²) in [4.78, 5) is 54.4. The number of benzene rings is 1. The van der Waals surface area contributed by atoms with Gasteiger partial charge in [-0.1, -0.05) is 37.6 Å². The molecule has 6 rings (SSSR count). The molecule has 1 saturated carbocycles. The number of hydrogen-bond donors (Lipinski definition) is 0. The van der Waals surface area contributed by atoms with Gasteiger partial charge in [-0.05, 0) is 95.9 Å². The number of carbonyl (C=O) groups excluding carboxylic acids is 3. The van der Waals surface area contributed by atoms with Crippen molar-refractivity contribution < 1.29 is 19.1 Å². The first kappa shape index (κ1) is 35.6. The van der Waals surface area contributed by atoms with Gasteiger partial charge in [-0.3, -0.25) is 19.3 Å². The number of amides is 3. The number of halogens is 1. The maximum absolute atomic E-state index is 15.0. The molecule has 4 aliphatic heterocycles. The number of hydrogen-bond acceptors (Lipinski definition) is 6. The van der Waals surface area contributed by atoms with Gasteiger partial charge in [0, 0.05) is 74.9 Å². The summed E-state index contributed by atoms with van der Waals surface area (Å²) >= 11 is 6.28. The Kier molecular flexibility index (Phi) is 10.5. The lowest BCUT2D eigenvalue weighted by Gasteiger charge is -2.43. The fourth-order valence-corrected chi connectivity index (χ4v) is 8.98. The monoisotopic (exact) mass is 683 g/mol. The quantitative estimate of drug-likeness (QED) is 0.426. The van der Waals surface area contributed by atoms with Crippen LogP contribution < -0.4 is 0 Å². The summed E-state index contributed by atoms with van der Waals surface area (Å²) in [6.45, 7) is 16.6. The van der Waals surface area contributed by atoms with Crippen LogP contribution in [-0.2, 0) is 19.1 Å². The molecule has 0 radical (unpaired) electrons. The van der Waals surface area contributed by atoms with Crippen LogP contribution in [0.5, 0.6) is 0 Å². The normalized spacial score (nSPS) is 30.6. The van der Waals surface area contributed by atoms with Gasteiger partial charge in [0.2, 0.25) is 11.8 Å². The molecule has 3 amide bonds. The van der Waals surface area contributed by atoms with Gasteiger partial charge in [0.25, 0.3) is 5.91 Å². The Hall–Kier alpha value is -2.20. The molecular formula is C38H58ClN5O4. The van der Waals surface area contributed by atoms with Crippen LogP contribution in [0.1, 0.15) is 91.0 Å².